The summed E-state index contributed by atoms with van der Waals surface area (Å²) in [6.07, 6.45) is 1.81. The lowest BCUT2D eigenvalue weighted by Crippen LogP contribution is -2.42. The van der Waals surface area contributed by atoms with E-state index in [0.717, 1.165) is 12.8 Å². The number of methoxy groups -OCH3 is 1. The molecule has 2 rings (SSSR count). The van der Waals surface area contributed by atoms with Gasteiger partial charge in [0.05, 0.1) is 7.11 Å². The first-order chi connectivity index (χ1) is 9.52. The molecule has 5 heteroatoms. The maximum atomic E-state index is 13.6. The molecule has 0 spiro atoms. The minimum absolute atomic E-state index is 0.130. The second-order valence-corrected chi connectivity index (χ2v) is 5.34. The number of rotatable bonds is 3. The molecule has 0 bridgehead atoms. The van der Waals surface area contributed by atoms with Crippen molar-refractivity contribution in [2.24, 2.45) is 11.7 Å². The van der Waals surface area contributed by atoms with Crippen LogP contribution in [-0.4, -0.2) is 37.0 Å². The van der Waals surface area contributed by atoms with Gasteiger partial charge in [-0.2, -0.15) is 0 Å². The lowest BCUT2D eigenvalue weighted by Gasteiger charge is -2.33. The van der Waals surface area contributed by atoms with Gasteiger partial charge >= 0.3 is 0 Å². The monoisotopic (exact) mass is 280 g/mol. The zero-order valence-electron chi connectivity index (χ0n) is 11.9. The zero-order chi connectivity index (χ0) is 14.7. The molecule has 1 aromatic rings. The molecule has 1 aliphatic heterocycles. The lowest BCUT2D eigenvalue weighted by atomic mass is 9.90. The number of hydrogen-bond acceptors (Lipinski definition) is 3. The van der Waals surface area contributed by atoms with Gasteiger partial charge < -0.3 is 15.4 Å². The van der Waals surface area contributed by atoms with Gasteiger partial charge in [-0.15, -0.1) is 0 Å². The van der Waals surface area contributed by atoms with Crippen molar-refractivity contribution >= 4 is 5.91 Å². The predicted molar refractivity (Wildman–Crippen MR) is 75.2 cm³/mol. The number of amides is 1. The molecule has 1 aliphatic rings. The van der Waals surface area contributed by atoms with E-state index in [4.69, 9.17) is 10.5 Å². The Morgan fingerprint density at radius 3 is 2.60 bits per heavy atom. The van der Waals surface area contributed by atoms with Crippen molar-refractivity contribution in [1.29, 1.82) is 0 Å². The van der Waals surface area contributed by atoms with E-state index < -0.39 is 5.82 Å². The summed E-state index contributed by atoms with van der Waals surface area (Å²) in [5.41, 5.74) is 6.25. The van der Waals surface area contributed by atoms with E-state index in [1.54, 1.807) is 11.0 Å². The van der Waals surface area contributed by atoms with Crippen LogP contribution in [0.2, 0.25) is 0 Å². The number of piperidine rings is 1. The highest BCUT2D eigenvalue weighted by atomic mass is 19.1. The smallest absolute Gasteiger partial charge is 0.253 e. The molecule has 4 nitrogen and oxygen atoms in total. The van der Waals surface area contributed by atoms with Gasteiger partial charge in [0.2, 0.25) is 0 Å². The minimum atomic E-state index is -0.510. The molecule has 1 unspecified atom stereocenters. The number of ether oxygens (including phenoxy) is 1. The standard InChI is InChI=1S/C15H21FN2O2/c1-10(17)11-5-7-18(8-6-11)15(19)12-3-4-14(20-2)13(16)9-12/h3-4,9-11H,5-8,17H2,1-2H3. The maximum absolute atomic E-state index is 13.6. The molecule has 0 radical (unpaired) electrons. The molecule has 110 valence electrons. The molecule has 1 aromatic carbocycles. The van der Waals surface area contributed by atoms with Gasteiger partial charge in [0.15, 0.2) is 11.6 Å². The molecule has 2 N–H and O–H groups in total. The van der Waals surface area contributed by atoms with Crippen molar-refractivity contribution in [2.75, 3.05) is 20.2 Å². The van der Waals surface area contributed by atoms with Crippen molar-refractivity contribution < 1.29 is 13.9 Å². The number of likely N-dealkylation sites (tertiary alicyclic amines) is 1. The molecule has 0 saturated carbocycles. The third-order valence-corrected chi connectivity index (χ3v) is 3.97. The Bertz CT molecular complexity index is 483. The summed E-state index contributed by atoms with van der Waals surface area (Å²) in [4.78, 5) is 14.1. The zero-order valence-corrected chi connectivity index (χ0v) is 11.9. The summed E-state index contributed by atoms with van der Waals surface area (Å²) >= 11 is 0. The fourth-order valence-electron chi connectivity index (χ4n) is 2.61. The maximum Gasteiger partial charge on any atom is 0.253 e. The molecule has 1 atom stereocenters. The number of halogens is 1. The molecular formula is C15H21FN2O2. The van der Waals surface area contributed by atoms with Crippen LogP contribution in [0.25, 0.3) is 0 Å². The number of hydrogen-bond donors (Lipinski definition) is 1. The van der Waals surface area contributed by atoms with Gasteiger partial charge in [-0.1, -0.05) is 0 Å². The highest BCUT2D eigenvalue weighted by Gasteiger charge is 2.25. The first-order valence-corrected chi connectivity index (χ1v) is 6.91. The molecule has 1 amide bonds. The van der Waals surface area contributed by atoms with Crippen LogP contribution in [0.5, 0.6) is 5.75 Å². The number of carbonyl (C=O) groups is 1. The van der Waals surface area contributed by atoms with Crippen molar-refractivity contribution in [2.45, 2.75) is 25.8 Å². The topological polar surface area (TPSA) is 55.6 Å². The van der Waals surface area contributed by atoms with E-state index in [-0.39, 0.29) is 17.7 Å². The fourth-order valence-corrected chi connectivity index (χ4v) is 2.61. The second kappa shape index (κ2) is 6.22. The molecule has 0 aromatic heterocycles. The number of nitrogens with two attached hydrogens (primary N) is 1. The Balaban J connectivity index is 2.04. The van der Waals surface area contributed by atoms with Gasteiger partial charge in [-0.25, -0.2) is 4.39 Å². The molecule has 0 aliphatic carbocycles. The first-order valence-electron chi connectivity index (χ1n) is 6.91. The van der Waals surface area contributed by atoms with Crippen molar-refractivity contribution in [3.8, 4) is 5.75 Å². The highest BCUT2D eigenvalue weighted by Crippen LogP contribution is 2.23. The quantitative estimate of drug-likeness (QED) is 0.921. The average Bonchev–Trinajstić information content (AvgIpc) is 2.46. The van der Waals surface area contributed by atoms with Crippen LogP contribution in [0.1, 0.15) is 30.1 Å². The molecule has 1 heterocycles. The Labute approximate surface area is 118 Å². The van der Waals surface area contributed by atoms with E-state index in [0.29, 0.717) is 24.6 Å². The van der Waals surface area contributed by atoms with E-state index in [2.05, 4.69) is 0 Å². The SMILES string of the molecule is COc1ccc(C(=O)N2CCC(C(C)N)CC2)cc1F. The molecule has 20 heavy (non-hydrogen) atoms. The van der Waals surface area contributed by atoms with Crippen LogP contribution >= 0.6 is 0 Å². The Morgan fingerprint density at radius 2 is 2.10 bits per heavy atom. The average molecular weight is 280 g/mol. The second-order valence-electron chi connectivity index (χ2n) is 5.34. The predicted octanol–water partition coefficient (Wildman–Crippen LogP) is 2.03. The number of nitrogens with zero attached hydrogens (tertiary/aromatic N) is 1. The number of benzene rings is 1. The normalized spacial score (nSPS) is 17.9. The minimum Gasteiger partial charge on any atom is -0.494 e. The van der Waals surface area contributed by atoms with E-state index in [1.165, 1.54) is 19.2 Å². The Morgan fingerprint density at radius 1 is 1.45 bits per heavy atom. The van der Waals surface area contributed by atoms with Gasteiger partial charge in [-0.05, 0) is 43.9 Å². The van der Waals surface area contributed by atoms with Crippen molar-refractivity contribution in [3.05, 3.63) is 29.6 Å². The summed E-state index contributed by atoms with van der Waals surface area (Å²) in [6, 6.07) is 4.48. The van der Waals surface area contributed by atoms with Gasteiger partial charge in [0, 0.05) is 24.7 Å². The van der Waals surface area contributed by atoms with Gasteiger partial charge in [0.1, 0.15) is 0 Å². The van der Waals surface area contributed by atoms with Crippen LogP contribution in [-0.2, 0) is 0 Å². The molecule has 1 fully saturated rings. The van der Waals surface area contributed by atoms with E-state index >= 15 is 0 Å². The third-order valence-electron chi connectivity index (χ3n) is 3.97. The highest BCUT2D eigenvalue weighted by molar-refractivity contribution is 5.94. The van der Waals surface area contributed by atoms with Crippen LogP contribution in [0.15, 0.2) is 18.2 Å². The van der Waals surface area contributed by atoms with Crippen molar-refractivity contribution in [1.82, 2.24) is 4.90 Å². The summed E-state index contributed by atoms with van der Waals surface area (Å²) < 4.78 is 18.5. The van der Waals surface area contributed by atoms with Crippen LogP contribution in [0, 0.1) is 11.7 Å². The first kappa shape index (κ1) is 14.8. The summed E-state index contributed by atoms with van der Waals surface area (Å²) in [7, 11) is 1.40. The summed E-state index contributed by atoms with van der Waals surface area (Å²) in [6.45, 7) is 3.36. The van der Waals surface area contributed by atoms with Crippen LogP contribution in [0.4, 0.5) is 4.39 Å². The van der Waals surface area contributed by atoms with Gasteiger partial charge in [0.25, 0.3) is 5.91 Å². The Hall–Kier alpha value is -1.62. The summed E-state index contributed by atoms with van der Waals surface area (Å²) in [5.74, 6) is -0.0256. The van der Waals surface area contributed by atoms with Gasteiger partial charge in [-0.3, -0.25) is 4.79 Å². The summed E-state index contributed by atoms with van der Waals surface area (Å²) in [5, 5.41) is 0. The molecular weight excluding hydrogens is 259 g/mol. The number of carbonyl (C=O) groups excluding carboxylic acids is 1. The third kappa shape index (κ3) is 3.10. The molecule has 1 saturated heterocycles. The largest absolute Gasteiger partial charge is 0.494 e. The van der Waals surface area contributed by atoms with Crippen LogP contribution < -0.4 is 10.5 Å². The lowest BCUT2D eigenvalue weighted by molar-refractivity contribution is 0.0680. The van der Waals surface area contributed by atoms with E-state index in [9.17, 15) is 9.18 Å². The van der Waals surface area contributed by atoms with Crippen LogP contribution in [0.3, 0.4) is 0 Å². The van der Waals surface area contributed by atoms with E-state index in [1.807, 2.05) is 6.92 Å². The Kier molecular flexibility index (Phi) is 4.60. The fraction of sp³-hybridized carbons (Fsp3) is 0.533. The van der Waals surface area contributed by atoms with Crippen molar-refractivity contribution in [3.63, 3.8) is 0 Å².